The smallest absolute Gasteiger partial charge is 0.477 e. The lowest BCUT2D eigenvalue weighted by Gasteiger charge is -2.32. The molecule has 2 aromatic heterocycles. The van der Waals surface area contributed by atoms with E-state index in [9.17, 15) is 4.79 Å². The third kappa shape index (κ3) is 2.11. The van der Waals surface area contributed by atoms with Crippen molar-refractivity contribution in [1.29, 1.82) is 0 Å². The highest BCUT2D eigenvalue weighted by Gasteiger charge is 2.52. The van der Waals surface area contributed by atoms with E-state index >= 15 is 0 Å². The van der Waals surface area contributed by atoms with Crippen LogP contribution >= 0.6 is 11.3 Å². The third-order valence-corrected chi connectivity index (χ3v) is 5.55. The van der Waals surface area contributed by atoms with Crippen LogP contribution in [0.1, 0.15) is 38.2 Å². The second-order valence-electron chi connectivity index (χ2n) is 6.38. The van der Waals surface area contributed by atoms with E-state index in [1.165, 1.54) is 11.3 Å². The molecule has 1 aliphatic rings. The summed E-state index contributed by atoms with van der Waals surface area (Å²) in [5.41, 5.74) is 0.430. The number of fused-ring (bicyclic) bond motifs is 1. The molecule has 0 aromatic carbocycles. The predicted octanol–water partition coefficient (Wildman–Crippen LogP) is 2.24. The molecule has 0 radical (unpaired) electrons. The number of nitrogens with zero attached hydrogens (tertiary/aromatic N) is 1. The van der Waals surface area contributed by atoms with E-state index in [2.05, 4.69) is 0 Å². The van der Waals surface area contributed by atoms with Crippen LogP contribution in [0.25, 0.3) is 10.2 Å². The molecule has 1 aliphatic heterocycles. The molecule has 3 rings (SSSR count). The summed E-state index contributed by atoms with van der Waals surface area (Å²) < 4.78 is 15.6. The molecule has 0 unspecified atom stereocenters. The third-order valence-electron chi connectivity index (χ3n) is 4.45. The van der Waals surface area contributed by atoms with Crippen molar-refractivity contribution in [2.75, 3.05) is 0 Å². The second kappa shape index (κ2) is 4.35. The molecule has 2 aromatic rings. The lowest BCUT2D eigenvalue weighted by molar-refractivity contribution is 0.00578. The topological polar surface area (TPSA) is 60.7 Å². The Labute approximate surface area is 127 Å². The number of hydrogen-bond acceptors (Lipinski definition) is 4. The van der Waals surface area contributed by atoms with Gasteiger partial charge in [0.15, 0.2) is 0 Å². The molecule has 0 saturated carbocycles. The van der Waals surface area contributed by atoms with Gasteiger partial charge in [-0.2, -0.15) is 0 Å². The molecule has 1 N–H and O–H groups in total. The van der Waals surface area contributed by atoms with Gasteiger partial charge >= 0.3 is 13.1 Å². The first kappa shape index (κ1) is 14.6. The van der Waals surface area contributed by atoms with Gasteiger partial charge in [0.1, 0.15) is 5.69 Å². The van der Waals surface area contributed by atoms with Crippen molar-refractivity contribution in [2.45, 2.75) is 38.9 Å². The largest absolute Gasteiger partial charge is 0.505 e. The highest BCUT2D eigenvalue weighted by atomic mass is 32.1. The average molecular weight is 307 g/mol. The Kier molecular flexibility index (Phi) is 3.03. The first-order valence-electron chi connectivity index (χ1n) is 6.80. The van der Waals surface area contributed by atoms with Crippen LogP contribution in [-0.2, 0) is 16.4 Å². The maximum Gasteiger partial charge on any atom is 0.505 e. The van der Waals surface area contributed by atoms with Gasteiger partial charge in [-0.15, -0.1) is 11.3 Å². The Morgan fingerprint density at radius 2 is 1.81 bits per heavy atom. The van der Waals surface area contributed by atoms with Crippen molar-refractivity contribution in [1.82, 2.24) is 4.57 Å². The lowest BCUT2D eigenvalue weighted by Crippen LogP contribution is -2.41. The molecule has 0 amide bonds. The normalized spacial score (nSPS) is 20.3. The molecule has 0 spiro atoms. The summed E-state index contributed by atoms with van der Waals surface area (Å²) in [4.78, 5) is 11.1. The van der Waals surface area contributed by atoms with Crippen LogP contribution in [0.2, 0.25) is 0 Å². The number of aromatic carboxylic acids is 1. The van der Waals surface area contributed by atoms with Gasteiger partial charge in [0.25, 0.3) is 0 Å². The number of aromatic nitrogens is 1. The summed E-state index contributed by atoms with van der Waals surface area (Å²) in [5, 5.41) is 9.14. The number of rotatable bonds is 2. The van der Waals surface area contributed by atoms with Crippen molar-refractivity contribution >= 4 is 39.4 Å². The fourth-order valence-electron chi connectivity index (χ4n) is 2.41. The number of aryl methyl sites for hydroxylation is 1. The van der Waals surface area contributed by atoms with Crippen LogP contribution in [-0.4, -0.2) is 34.0 Å². The Morgan fingerprint density at radius 3 is 2.29 bits per heavy atom. The van der Waals surface area contributed by atoms with Crippen molar-refractivity contribution < 1.29 is 19.2 Å². The number of carbonyl (C=O) groups is 1. The Bertz CT molecular complexity index is 715. The van der Waals surface area contributed by atoms with E-state index in [1.54, 1.807) is 17.7 Å². The van der Waals surface area contributed by atoms with Gasteiger partial charge in [0.2, 0.25) is 0 Å². The molecule has 21 heavy (non-hydrogen) atoms. The van der Waals surface area contributed by atoms with Crippen LogP contribution < -0.4 is 4.78 Å². The van der Waals surface area contributed by atoms with Gasteiger partial charge < -0.3 is 19.0 Å². The minimum atomic E-state index is -0.918. The van der Waals surface area contributed by atoms with Crippen LogP contribution in [0.15, 0.2) is 12.1 Å². The van der Waals surface area contributed by atoms with Gasteiger partial charge in [-0.05, 0) is 39.8 Å². The van der Waals surface area contributed by atoms with E-state index in [1.807, 2.05) is 33.8 Å². The summed E-state index contributed by atoms with van der Waals surface area (Å²) >= 11 is 1.51. The van der Waals surface area contributed by atoms with Gasteiger partial charge in [0, 0.05) is 11.8 Å². The number of carboxylic acid groups (broad SMARTS) is 1. The maximum atomic E-state index is 11.1. The van der Waals surface area contributed by atoms with Gasteiger partial charge in [-0.1, -0.05) is 0 Å². The maximum absolute atomic E-state index is 11.1. The van der Waals surface area contributed by atoms with Crippen molar-refractivity contribution in [3.63, 3.8) is 0 Å². The van der Waals surface area contributed by atoms with Gasteiger partial charge in [-0.3, -0.25) is 0 Å². The van der Waals surface area contributed by atoms with E-state index in [0.717, 1.165) is 15.0 Å². The van der Waals surface area contributed by atoms with E-state index < -0.39 is 13.1 Å². The monoisotopic (exact) mass is 307 g/mol. The fourth-order valence-corrected chi connectivity index (χ4v) is 3.50. The first-order chi connectivity index (χ1) is 9.62. The summed E-state index contributed by atoms with van der Waals surface area (Å²) in [7, 11) is 1.35. The fraction of sp³-hybridized carbons (Fsp3) is 0.500. The average Bonchev–Trinajstić information content (AvgIpc) is 2.93. The second-order valence-corrected chi connectivity index (χ2v) is 7.50. The lowest BCUT2D eigenvalue weighted by atomic mass is 9.88. The highest BCUT2D eigenvalue weighted by Crippen LogP contribution is 2.37. The van der Waals surface area contributed by atoms with Gasteiger partial charge in [0.05, 0.1) is 21.4 Å². The summed E-state index contributed by atoms with van der Waals surface area (Å²) in [6, 6.07) is 3.64. The van der Waals surface area contributed by atoms with E-state index in [0.29, 0.717) is 0 Å². The Hall–Kier alpha value is -1.31. The van der Waals surface area contributed by atoms with Crippen LogP contribution in [0.3, 0.4) is 0 Å². The quantitative estimate of drug-likeness (QED) is 0.864. The Morgan fingerprint density at radius 1 is 1.24 bits per heavy atom. The molecule has 0 atom stereocenters. The van der Waals surface area contributed by atoms with E-state index in [-0.39, 0.29) is 16.9 Å². The molecule has 7 heteroatoms. The Balaban J connectivity index is 1.99. The van der Waals surface area contributed by atoms with E-state index in [4.69, 9.17) is 14.4 Å². The molecular weight excluding hydrogens is 289 g/mol. The first-order valence-corrected chi connectivity index (χ1v) is 7.62. The zero-order chi connectivity index (χ0) is 15.6. The molecule has 1 fully saturated rings. The minimum Gasteiger partial charge on any atom is -0.477 e. The molecule has 3 heterocycles. The van der Waals surface area contributed by atoms with Crippen molar-refractivity contribution in [3.05, 3.63) is 17.8 Å². The summed E-state index contributed by atoms with van der Waals surface area (Å²) in [6.07, 6.45) is 0. The van der Waals surface area contributed by atoms with Crippen LogP contribution in [0, 0.1) is 0 Å². The SMILES string of the molecule is Cn1c(C(=O)O)cc2sc(B3OC(C)(C)C(C)(C)O3)cc21. The van der Waals surface area contributed by atoms with Gasteiger partial charge in [-0.25, -0.2) is 4.79 Å². The molecule has 1 saturated heterocycles. The standard InChI is InChI=1S/C14H18BNO4S/c1-13(2)14(3,4)20-15(19-13)11-7-8-10(21-11)6-9(12(17)18)16(8)5/h6-7H,1-5H3,(H,17,18). The van der Waals surface area contributed by atoms with Crippen molar-refractivity contribution in [3.8, 4) is 0 Å². The molecular formula is C14H18BNO4S. The number of hydrogen-bond donors (Lipinski definition) is 1. The molecule has 5 nitrogen and oxygen atoms in total. The number of carboxylic acids is 1. The zero-order valence-corrected chi connectivity index (χ0v) is 13.6. The molecule has 0 bridgehead atoms. The molecule has 112 valence electrons. The highest BCUT2D eigenvalue weighted by molar-refractivity contribution is 7.28. The summed E-state index contributed by atoms with van der Waals surface area (Å²) in [5.74, 6) is -0.918. The van der Waals surface area contributed by atoms with Crippen molar-refractivity contribution in [2.24, 2.45) is 7.05 Å². The van der Waals surface area contributed by atoms with Crippen LogP contribution in [0.4, 0.5) is 0 Å². The zero-order valence-electron chi connectivity index (χ0n) is 12.8. The minimum absolute atomic E-state index is 0.289. The molecule has 0 aliphatic carbocycles. The number of thiophene rings is 1. The summed E-state index contributed by atoms with van der Waals surface area (Å²) in [6.45, 7) is 8.07. The predicted molar refractivity (Wildman–Crippen MR) is 83.5 cm³/mol. The van der Waals surface area contributed by atoms with Crippen LogP contribution in [0.5, 0.6) is 0 Å².